The van der Waals surface area contributed by atoms with Gasteiger partial charge in [-0.2, -0.15) is 18.2 Å². The monoisotopic (exact) mass is 285 g/mol. The van der Waals surface area contributed by atoms with Gasteiger partial charge < -0.3 is 15.6 Å². The summed E-state index contributed by atoms with van der Waals surface area (Å²) in [5.41, 5.74) is 4.60. The van der Waals surface area contributed by atoms with Gasteiger partial charge in [-0.3, -0.25) is 0 Å². The molecule has 106 valence electrons. The lowest BCUT2D eigenvalue weighted by Crippen LogP contribution is -2.11. The molecule has 5 nitrogen and oxygen atoms in total. The number of aliphatic hydroxyl groups is 1. The van der Waals surface area contributed by atoms with Crippen LogP contribution in [0, 0.1) is 0 Å². The van der Waals surface area contributed by atoms with Crippen LogP contribution in [0.1, 0.15) is 11.3 Å². The minimum atomic E-state index is -4.64. The molecule has 0 saturated carbocycles. The Morgan fingerprint density at radius 2 is 1.95 bits per heavy atom. The van der Waals surface area contributed by atoms with E-state index < -0.39 is 17.8 Å². The van der Waals surface area contributed by atoms with Crippen LogP contribution in [0.2, 0.25) is 0 Å². The first-order valence-electron chi connectivity index (χ1n) is 5.48. The van der Waals surface area contributed by atoms with E-state index in [0.29, 0.717) is 11.6 Å². The van der Waals surface area contributed by atoms with Gasteiger partial charge in [-0.05, 0) is 17.7 Å². The Balaban J connectivity index is 2.31. The van der Waals surface area contributed by atoms with Gasteiger partial charge in [0.25, 0.3) is 0 Å². The van der Waals surface area contributed by atoms with Gasteiger partial charge >= 0.3 is 6.18 Å². The zero-order valence-corrected chi connectivity index (χ0v) is 10.1. The van der Waals surface area contributed by atoms with Crippen LogP contribution in [0.15, 0.2) is 30.3 Å². The number of hydrogen-bond donors (Lipinski definition) is 2. The lowest BCUT2D eigenvalue weighted by molar-refractivity contribution is -0.141. The summed E-state index contributed by atoms with van der Waals surface area (Å²) in [6.45, 7) is -0.211. The van der Waals surface area contributed by atoms with Gasteiger partial charge in [0.05, 0.1) is 6.61 Å². The third-order valence-corrected chi connectivity index (χ3v) is 2.31. The second kappa shape index (κ2) is 5.33. The van der Waals surface area contributed by atoms with Crippen molar-refractivity contribution < 1.29 is 23.0 Å². The fourth-order valence-corrected chi connectivity index (χ4v) is 1.47. The molecule has 1 aromatic carbocycles. The van der Waals surface area contributed by atoms with Gasteiger partial charge in [0, 0.05) is 6.07 Å². The Hall–Kier alpha value is -2.35. The summed E-state index contributed by atoms with van der Waals surface area (Å²) < 4.78 is 42.9. The van der Waals surface area contributed by atoms with Crippen LogP contribution in [-0.4, -0.2) is 15.1 Å². The molecule has 2 rings (SSSR count). The number of nitrogens with two attached hydrogens (primary N) is 1. The molecule has 0 bridgehead atoms. The molecule has 1 heterocycles. The number of nitrogen functional groups attached to an aromatic ring is 1. The lowest BCUT2D eigenvalue weighted by Gasteiger charge is -2.10. The highest BCUT2D eigenvalue weighted by molar-refractivity contribution is 5.34. The second-order valence-electron chi connectivity index (χ2n) is 3.85. The molecule has 0 unspecified atom stereocenters. The number of alkyl halides is 3. The zero-order valence-electron chi connectivity index (χ0n) is 10.1. The Morgan fingerprint density at radius 1 is 1.20 bits per heavy atom. The molecular formula is C12H10F3N3O2. The summed E-state index contributed by atoms with van der Waals surface area (Å²) in [7, 11) is 0. The highest BCUT2D eigenvalue weighted by Gasteiger charge is 2.33. The predicted molar refractivity (Wildman–Crippen MR) is 63.9 cm³/mol. The van der Waals surface area contributed by atoms with Crippen molar-refractivity contribution in [3.8, 4) is 11.6 Å². The number of rotatable bonds is 3. The van der Waals surface area contributed by atoms with Crippen molar-refractivity contribution in [1.82, 2.24) is 9.97 Å². The van der Waals surface area contributed by atoms with E-state index >= 15 is 0 Å². The first-order chi connectivity index (χ1) is 9.38. The van der Waals surface area contributed by atoms with Crippen LogP contribution < -0.4 is 10.5 Å². The summed E-state index contributed by atoms with van der Waals surface area (Å²) >= 11 is 0. The predicted octanol–water partition coefficient (Wildman–Crippen LogP) is 2.36. The van der Waals surface area contributed by atoms with Gasteiger partial charge in [0.15, 0.2) is 5.69 Å². The molecule has 0 aliphatic carbocycles. The standard InChI is InChI=1S/C12H10F3N3O2/c13-12(14,15)9-5-10(18-11(16)17-9)20-8-3-1-2-7(4-8)6-19/h1-5,19H,6H2,(H2,16,17,18). The SMILES string of the molecule is Nc1nc(Oc2cccc(CO)c2)cc(C(F)(F)F)n1. The van der Waals surface area contributed by atoms with Crippen LogP contribution in [0.25, 0.3) is 0 Å². The summed E-state index contributed by atoms with van der Waals surface area (Å²) in [4.78, 5) is 6.68. The third kappa shape index (κ3) is 3.35. The van der Waals surface area contributed by atoms with Crippen molar-refractivity contribution in [1.29, 1.82) is 0 Å². The number of halogens is 3. The largest absolute Gasteiger partial charge is 0.439 e. The maximum Gasteiger partial charge on any atom is 0.433 e. The van der Waals surface area contributed by atoms with Crippen LogP contribution >= 0.6 is 0 Å². The van der Waals surface area contributed by atoms with E-state index in [1.165, 1.54) is 12.1 Å². The lowest BCUT2D eigenvalue weighted by atomic mass is 10.2. The molecule has 0 atom stereocenters. The highest BCUT2D eigenvalue weighted by atomic mass is 19.4. The topological polar surface area (TPSA) is 81.3 Å². The molecule has 0 fully saturated rings. The molecule has 0 amide bonds. The summed E-state index contributed by atoms with van der Waals surface area (Å²) in [5.74, 6) is -0.615. The van der Waals surface area contributed by atoms with Crippen molar-refractivity contribution in [3.05, 3.63) is 41.6 Å². The van der Waals surface area contributed by atoms with E-state index in [1.54, 1.807) is 12.1 Å². The smallest absolute Gasteiger partial charge is 0.433 e. The van der Waals surface area contributed by atoms with Gasteiger partial charge in [0.1, 0.15) is 5.75 Å². The summed E-state index contributed by atoms with van der Waals surface area (Å²) in [6, 6.07) is 6.89. The molecule has 20 heavy (non-hydrogen) atoms. The summed E-state index contributed by atoms with van der Waals surface area (Å²) in [6.07, 6.45) is -4.64. The Bertz CT molecular complexity index is 617. The number of aromatic nitrogens is 2. The van der Waals surface area contributed by atoms with Crippen molar-refractivity contribution in [2.24, 2.45) is 0 Å². The Labute approximate surface area is 111 Å². The van der Waals surface area contributed by atoms with Crippen LogP contribution in [-0.2, 0) is 12.8 Å². The number of aliphatic hydroxyl groups excluding tert-OH is 1. The normalized spacial score (nSPS) is 11.4. The van der Waals surface area contributed by atoms with E-state index in [-0.39, 0.29) is 18.2 Å². The quantitative estimate of drug-likeness (QED) is 0.904. The minimum absolute atomic E-state index is 0.211. The molecule has 0 aliphatic rings. The number of nitrogens with zero attached hydrogens (tertiary/aromatic N) is 2. The maximum absolute atomic E-state index is 12.6. The number of hydrogen-bond acceptors (Lipinski definition) is 5. The second-order valence-corrected chi connectivity index (χ2v) is 3.85. The average Bonchev–Trinajstić information content (AvgIpc) is 2.37. The van der Waals surface area contributed by atoms with Gasteiger partial charge in [-0.15, -0.1) is 0 Å². The van der Waals surface area contributed by atoms with Crippen molar-refractivity contribution in [3.63, 3.8) is 0 Å². The molecule has 2 aromatic rings. The molecule has 8 heteroatoms. The maximum atomic E-state index is 12.6. The van der Waals surface area contributed by atoms with Crippen LogP contribution in [0.4, 0.5) is 19.1 Å². The van der Waals surface area contributed by atoms with Crippen LogP contribution in [0.3, 0.4) is 0 Å². The molecular weight excluding hydrogens is 275 g/mol. The highest BCUT2D eigenvalue weighted by Crippen LogP contribution is 2.31. The fourth-order valence-electron chi connectivity index (χ4n) is 1.47. The number of ether oxygens (including phenoxy) is 1. The Morgan fingerprint density at radius 3 is 2.60 bits per heavy atom. The molecule has 0 radical (unpaired) electrons. The molecule has 3 N–H and O–H groups in total. The molecule has 1 aromatic heterocycles. The first kappa shape index (κ1) is 14.1. The van der Waals surface area contributed by atoms with Crippen molar-refractivity contribution in [2.45, 2.75) is 12.8 Å². The first-order valence-corrected chi connectivity index (χ1v) is 5.48. The van der Waals surface area contributed by atoms with Crippen molar-refractivity contribution in [2.75, 3.05) is 5.73 Å². The van der Waals surface area contributed by atoms with E-state index in [1.807, 2.05) is 0 Å². The van der Waals surface area contributed by atoms with E-state index in [2.05, 4.69) is 9.97 Å². The van der Waals surface area contributed by atoms with E-state index in [4.69, 9.17) is 15.6 Å². The van der Waals surface area contributed by atoms with Gasteiger partial charge in [0.2, 0.25) is 11.8 Å². The van der Waals surface area contributed by atoms with Crippen molar-refractivity contribution >= 4 is 5.95 Å². The van der Waals surface area contributed by atoms with E-state index in [9.17, 15) is 13.2 Å². The number of anilines is 1. The third-order valence-electron chi connectivity index (χ3n) is 2.31. The average molecular weight is 285 g/mol. The summed E-state index contributed by atoms with van der Waals surface area (Å²) in [5, 5.41) is 8.97. The zero-order chi connectivity index (χ0) is 14.8. The minimum Gasteiger partial charge on any atom is -0.439 e. The molecule has 0 spiro atoms. The molecule has 0 aliphatic heterocycles. The van der Waals surface area contributed by atoms with E-state index in [0.717, 1.165) is 0 Å². The molecule has 0 saturated heterocycles. The van der Waals surface area contributed by atoms with Crippen LogP contribution in [0.5, 0.6) is 11.6 Å². The fraction of sp³-hybridized carbons (Fsp3) is 0.167. The Kier molecular flexibility index (Phi) is 3.75. The number of benzene rings is 1. The van der Waals surface area contributed by atoms with Gasteiger partial charge in [-0.1, -0.05) is 12.1 Å². The van der Waals surface area contributed by atoms with Gasteiger partial charge in [-0.25, -0.2) is 4.98 Å².